The Morgan fingerprint density at radius 2 is 1.15 bits per heavy atom. The number of hydrogen-bond donors (Lipinski definition) is 2. The van der Waals surface area contributed by atoms with Gasteiger partial charge in [-0.15, -0.1) is 22.7 Å². The SMILES string of the molecule is COc1ccc(NS(=O)(=O)c2cc3ccccc3s2)c(NS(=O)(=O)c2cc3ccccc3s2)c1. The van der Waals surface area contributed by atoms with Crippen molar-refractivity contribution in [1.29, 1.82) is 0 Å². The normalized spacial score (nSPS) is 12.1. The van der Waals surface area contributed by atoms with Gasteiger partial charge in [0.25, 0.3) is 20.0 Å². The summed E-state index contributed by atoms with van der Waals surface area (Å²) < 4.78 is 64.7. The van der Waals surface area contributed by atoms with Crippen LogP contribution in [0.4, 0.5) is 11.4 Å². The fraction of sp³-hybridized carbons (Fsp3) is 0.0435. The third kappa shape index (κ3) is 4.34. The van der Waals surface area contributed by atoms with Crippen molar-refractivity contribution in [3.63, 3.8) is 0 Å². The largest absolute Gasteiger partial charge is 0.497 e. The molecular formula is C23H18N2O5S4. The zero-order valence-corrected chi connectivity index (χ0v) is 20.9. The maximum atomic E-state index is 13.2. The Kier molecular flexibility index (Phi) is 5.72. The van der Waals surface area contributed by atoms with Crippen LogP contribution in [0, 0.1) is 0 Å². The molecule has 0 fully saturated rings. The summed E-state index contributed by atoms with van der Waals surface area (Å²) in [5, 5.41) is 1.62. The number of benzene rings is 3. The molecular weight excluding hydrogens is 513 g/mol. The van der Waals surface area contributed by atoms with Gasteiger partial charge in [-0.1, -0.05) is 36.4 Å². The predicted octanol–water partition coefficient (Wildman–Crippen LogP) is 5.73. The van der Waals surface area contributed by atoms with Crippen LogP contribution in [0.2, 0.25) is 0 Å². The average Bonchev–Trinajstić information content (AvgIpc) is 3.45. The first kappa shape index (κ1) is 22.7. The van der Waals surface area contributed by atoms with Gasteiger partial charge in [0.05, 0.1) is 18.5 Å². The van der Waals surface area contributed by atoms with Crippen LogP contribution in [0.1, 0.15) is 0 Å². The molecule has 0 amide bonds. The van der Waals surface area contributed by atoms with Gasteiger partial charge < -0.3 is 4.74 Å². The Bertz CT molecular complexity index is 1670. The van der Waals surface area contributed by atoms with Crippen LogP contribution in [-0.4, -0.2) is 23.9 Å². The predicted molar refractivity (Wildman–Crippen MR) is 138 cm³/mol. The van der Waals surface area contributed by atoms with Gasteiger partial charge in [0, 0.05) is 15.5 Å². The quantitative estimate of drug-likeness (QED) is 0.280. The maximum absolute atomic E-state index is 13.2. The van der Waals surface area contributed by atoms with Gasteiger partial charge in [0.15, 0.2) is 0 Å². The number of sulfonamides is 2. The lowest BCUT2D eigenvalue weighted by Gasteiger charge is -2.14. The van der Waals surface area contributed by atoms with E-state index in [2.05, 4.69) is 9.44 Å². The molecule has 0 unspecified atom stereocenters. The molecule has 11 heteroatoms. The average molecular weight is 531 g/mol. The first-order chi connectivity index (χ1) is 16.2. The van der Waals surface area contributed by atoms with E-state index in [0.29, 0.717) is 5.75 Å². The van der Waals surface area contributed by atoms with E-state index in [0.717, 1.165) is 42.8 Å². The number of anilines is 2. The number of nitrogens with one attached hydrogen (secondary N) is 2. The van der Waals surface area contributed by atoms with Gasteiger partial charge in [0.2, 0.25) is 0 Å². The molecule has 3 aromatic carbocycles. The Labute approximate surface area is 204 Å². The van der Waals surface area contributed by atoms with E-state index in [9.17, 15) is 16.8 Å². The smallest absolute Gasteiger partial charge is 0.271 e. The third-order valence-corrected chi connectivity index (χ3v) is 11.0. The van der Waals surface area contributed by atoms with Gasteiger partial charge >= 0.3 is 0 Å². The molecule has 0 saturated carbocycles. The minimum atomic E-state index is -3.98. The van der Waals surface area contributed by atoms with Crippen LogP contribution in [0.3, 0.4) is 0 Å². The molecule has 174 valence electrons. The van der Waals surface area contributed by atoms with Crippen LogP contribution >= 0.6 is 22.7 Å². The molecule has 34 heavy (non-hydrogen) atoms. The standard InChI is InChI=1S/C23H18N2O5S4/c1-30-17-10-11-18(24-33(26,27)22-12-15-6-2-4-8-20(15)31-22)19(14-17)25-34(28,29)23-13-16-7-3-5-9-21(16)32-23/h2-14,24-25H,1H3. The Balaban J connectivity index is 1.51. The number of methoxy groups -OCH3 is 1. The lowest BCUT2D eigenvalue weighted by atomic mass is 10.2. The van der Waals surface area contributed by atoms with Crippen LogP contribution in [-0.2, 0) is 20.0 Å². The summed E-state index contributed by atoms with van der Waals surface area (Å²) in [4.78, 5) is 0. The van der Waals surface area contributed by atoms with Gasteiger partial charge in [-0.3, -0.25) is 9.44 Å². The van der Waals surface area contributed by atoms with E-state index in [4.69, 9.17) is 4.74 Å². The van der Waals surface area contributed by atoms with Gasteiger partial charge in [-0.2, -0.15) is 0 Å². The van der Waals surface area contributed by atoms with Crippen molar-refractivity contribution in [3.05, 3.63) is 78.9 Å². The summed E-state index contributed by atoms with van der Waals surface area (Å²) in [5.41, 5.74) is 0.143. The Morgan fingerprint density at radius 1 is 0.647 bits per heavy atom. The summed E-state index contributed by atoms with van der Waals surface area (Å²) in [6.07, 6.45) is 0. The molecule has 0 aliphatic heterocycles. The van der Waals surface area contributed by atoms with E-state index in [1.54, 1.807) is 18.2 Å². The zero-order chi connectivity index (χ0) is 23.9. The topological polar surface area (TPSA) is 102 Å². The summed E-state index contributed by atoms with van der Waals surface area (Å²) in [6, 6.07) is 22.3. The molecule has 7 nitrogen and oxygen atoms in total. The summed E-state index contributed by atoms with van der Waals surface area (Å²) in [7, 11) is -6.50. The molecule has 2 aromatic heterocycles. The molecule has 5 rings (SSSR count). The lowest BCUT2D eigenvalue weighted by Crippen LogP contribution is -2.16. The van der Waals surface area contributed by atoms with Crippen LogP contribution < -0.4 is 14.2 Å². The molecule has 0 bridgehead atoms. The Morgan fingerprint density at radius 3 is 1.65 bits per heavy atom. The third-order valence-electron chi connectivity index (χ3n) is 5.05. The molecule has 0 spiro atoms. The van der Waals surface area contributed by atoms with Crippen LogP contribution in [0.15, 0.2) is 87.3 Å². The van der Waals surface area contributed by atoms with Gasteiger partial charge in [-0.25, -0.2) is 16.8 Å². The number of hydrogen-bond acceptors (Lipinski definition) is 7. The second kappa shape index (κ2) is 8.58. The van der Waals surface area contributed by atoms with E-state index in [1.807, 2.05) is 48.5 Å². The minimum Gasteiger partial charge on any atom is -0.497 e. The fourth-order valence-electron chi connectivity index (χ4n) is 3.39. The molecule has 0 saturated heterocycles. The number of ether oxygens (including phenoxy) is 1. The number of thiophene rings is 2. The second-order valence-electron chi connectivity index (χ2n) is 7.33. The van der Waals surface area contributed by atoms with Crippen molar-refractivity contribution in [2.75, 3.05) is 16.6 Å². The van der Waals surface area contributed by atoms with Crippen molar-refractivity contribution in [1.82, 2.24) is 0 Å². The summed E-state index contributed by atoms with van der Waals surface area (Å²) in [6.45, 7) is 0. The van der Waals surface area contributed by atoms with E-state index in [-0.39, 0.29) is 19.8 Å². The van der Waals surface area contributed by atoms with Crippen molar-refractivity contribution in [2.24, 2.45) is 0 Å². The molecule has 0 atom stereocenters. The van der Waals surface area contributed by atoms with Crippen molar-refractivity contribution >= 4 is 74.3 Å². The monoisotopic (exact) mass is 530 g/mol. The minimum absolute atomic E-state index is 0.0569. The number of rotatable bonds is 7. The van der Waals surface area contributed by atoms with E-state index in [1.165, 1.54) is 19.2 Å². The van der Waals surface area contributed by atoms with Crippen molar-refractivity contribution < 1.29 is 21.6 Å². The van der Waals surface area contributed by atoms with Gasteiger partial charge in [-0.05, 0) is 47.2 Å². The zero-order valence-electron chi connectivity index (χ0n) is 17.7. The molecule has 5 aromatic rings. The molecule has 0 aliphatic carbocycles. The number of fused-ring (bicyclic) bond motifs is 2. The molecule has 0 radical (unpaired) electrons. The first-order valence-corrected chi connectivity index (χ1v) is 14.6. The summed E-state index contributed by atoms with van der Waals surface area (Å²) >= 11 is 2.27. The first-order valence-electron chi connectivity index (χ1n) is 9.96. The maximum Gasteiger partial charge on any atom is 0.271 e. The highest BCUT2D eigenvalue weighted by atomic mass is 32.3. The molecule has 2 heterocycles. The van der Waals surface area contributed by atoms with Crippen LogP contribution in [0.25, 0.3) is 20.2 Å². The van der Waals surface area contributed by atoms with E-state index >= 15 is 0 Å². The van der Waals surface area contributed by atoms with Crippen molar-refractivity contribution in [2.45, 2.75) is 8.42 Å². The van der Waals surface area contributed by atoms with Crippen LogP contribution in [0.5, 0.6) is 5.75 Å². The lowest BCUT2D eigenvalue weighted by molar-refractivity contribution is 0.415. The fourth-order valence-corrected chi connectivity index (χ4v) is 8.34. The van der Waals surface area contributed by atoms with Crippen molar-refractivity contribution in [3.8, 4) is 5.75 Å². The molecule has 2 N–H and O–H groups in total. The Hall–Kier alpha value is -3.12. The highest BCUT2D eigenvalue weighted by Gasteiger charge is 2.23. The second-order valence-corrected chi connectivity index (χ2v) is 13.3. The highest BCUT2D eigenvalue weighted by molar-refractivity contribution is 7.95. The summed E-state index contributed by atoms with van der Waals surface area (Å²) in [5.74, 6) is 0.374. The molecule has 0 aliphatic rings. The van der Waals surface area contributed by atoms with E-state index < -0.39 is 20.0 Å². The van der Waals surface area contributed by atoms with Gasteiger partial charge in [0.1, 0.15) is 14.2 Å². The highest BCUT2D eigenvalue weighted by Crippen LogP contribution is 2.35.